The molecule has 1 N–H and O–H groups in total. The highest BCUT2D eigenvalue weighted by atomic mass is 14.9. The fourth-order valence-electron chi connectivity index (χ4n) is 3.88. The lowest BCUT2D eigenvalue weighted by atomic mass is 9.69. The van der Waals surface area contributed by atoms with Crippen LogP contribution in [0.4, 0.5) is 5.69 Å². The number of hydrogen-bond donors (Lipinski definition) is 1. The largest absolute Gasteiger partial charge is 0.382 e. The number of benzene rings is 1. The maximum Gasteiger partial charge on any atom is 0.0991 e. The number of nitrogens with one attached hydrogen (secondary N) is 1. The Kier molecular flexibility index (Phi) is 3.73. The van der Waals surface area contributed by atoms with Crippen molar-refractivity contribution < 1.29 is 0 Å². The lowest BCUT2D eigenvalue weighted by Gasteiger charge is -2.39. The molecule has 0 bridgehead atoms. The van der Waals surface area contributed by atoms with E-state index >= 15 is 0 Å². The van der Waals surface area contributed by atoms with Crippen molar-refractivity contribution in [2.45, 2.75) is 51.0 Å². The first kappa shape index (κ1) is 12.5. The van der Waals surface area contributed by atoms with Crippen LogP contribution >= 0.6 is 0 Å². The van der Waals surface area contributed by atoms with Crippen molar-refractivity contribution in [1.29, 1.82) is 5.26 Å². The number of nitriles is 1. The van der Waals surface area contributed by atoms with Crippen molar-refractivity contribution in [3.05, 3.63) is 29.8 Å². The van der Waals surface area contributed by atoms with Gasteiger partial charge in [0.2, 0.25) is 0 Å². The summed E-state index contributed by atoms with van der Waals surface area (Å²) in [6.07, 6.45) is 9.84. The molecule has 0 radical (unpaired) electrons. The molecule has 0 amide bonds. The monoisotopic (exact) mass is 254 g/mol. The molecular weight excluding hydrogens is 232 g/mol. The van der Waals surface area contributed by atoms with E-state index in [1.807, 2.05) is 24.3 Å². The maximum absolute atomic E-state index is 8.81. The van der Waals surface area contributed by atoms with Gasteiger partial charge in [-0.25, -0.2) is 0 Å². The van der Waals surface area contributed by atoms with E-state index in [-0.39, 0.29) is 0 Å². The summed E-state index contributed by atoms with van der Waals surface area (Å²) in [6.45, 7) is 0. The van der Waals surface area contributed by atoms with Crippen LogP contribution < -0.4 is 5.32 Å². The molecule has 1 aromatic carbocycles. The van der Waals surface area contributed by atoms with Gasteiger partial charge in [-0.2, -0.15) is 5.26 Å². The second kappa shape index (κ2) is 5.65. The van der Waals surface area contributed by atoms with E-state index in [2.05, 4.69) is 11.4 Å². The highest BCUT2D eigenvalue weighted by molar-refractivity contribution is 5.47. The maximum atomic E-state index is 8.81. The Bertz CT molecular complexity index is 457. The van der Waals surface area contributed by atoms with Crippen molar-refractivity contribution in [2.24, 2.45) is 11.8 Å². The number of rotatable bonds is 2. The summed E-state index contributed by atoms with van der Waals surface area (Å²) in [4.78, 5) is 0. The van der Waals surface area contributed by atoms with Gasteiger partial charge in [0.05, 0.1) is 11.6 Å². The zero-order valence-corrected chi connectivity index (χ0v) is 11.4. The summed E-state index contributed by atoms with van der Waals surface area (Å²) in [5.41, 5.74) is 1.90. The second-order valence-corrected chi connectivity index (χ2v) is 6.15. The van der Waals surface area contributed by atoms with Gasteiger partial charge in [-0.05, 0) is 55.4 Å². The van der Waals surface area contributed by atoms with Crippen molar-refractivity contribution in [3.8, 4) is 6.07 Å². The third-order valence-corrected chi connectivity index (χ3v) is 4.92. The van der Waals surface area contributed by atoms with Gasteiger partial charge in [0, 0.05) is 11.7 Å². The SMILES string of the molecule is N#Cc1ccc(NC2CCC3CCCCC3C2)cc1. The van der Waals surface area contributed by atoms with Gasteiger partial charge in [0.25, 0.3) is 0 Å². The predicted octanol–water partition coefficient (Wildman–Crippen LogP) is 4.33. The third kappa shape index (κ3) is 2.92. The van der Waals surface area contributed by atoms with Crippen molar-refractivity contribution >= 4 is 5.69 Å². The molecule has 2 heteroatoms. The zero-order chi connectivity index (χ0) is 13.1. The lowest BCUT2D eigenvalue weighted by Crippen LogP contribution is -2.34. The Morgan fingerprint density at radius 1 is 0.947 bits per heavy atom. The molecule has 3 atom stereocenters. The normalized spacial score (nSPS) is 30.2. The van der Waals surface area contributed by atoms with Crippen LogP contribution in [0.25, 0.3) is 0 Å². The van der Waals surface area contributed by atoms with E-state index in [1.165, 1.54) is 50.6 Å². The highest BCUT2D eigenvalue weighted by Crippen LogP contribution is 2.41. The summed E-state index contributed by atoms with van der Waals surface area (Å²) in [7, 11) is 0. The lowest BCUT2D eigenvalue weighted by molar-refractivity contribution is 0.162. The molecule has 2 saturated carbocycles. The first-order valence-electron chi connectivity index (χ1n) is 7.62. The van der Waals surface area contributed by atoms with E-state index in [4.69, 9.17) is 5.26 Å². The third-order valence-electron chi connectivity index (χ3n) is 4.92. The van der Waals surface area contributed by atoms with Gasteiger partial charge in [-0.3, -0.25) is 0 Å². The van der Waals surface area contributed by atoms with Crippen LogP contribution in [0.2, 0.25) is 0 Å². The first-order valence-corrected chi connectivity index (χ1v) is 7.62. The van der Waals surface area contributed by atoms with Crippen molar-refractivity contribution in [2.75, 3.05) is 5.32 Å². The van der Waals surface area contributed by atoms with Crippen LogP contribution in [0, 0.1) is 23.2 Å². The minimum absolute atomic E-state index is 0.632. The van der Waals surface area contributed by atoms with Gasteiger partial charge in [-0.15, -0.1) is 0 Å². The minimum atomic E-state index is 0.632. The molecule has 0 spiro atoms. The summed E-state index contributed by atoms with van der Waals surface area (Å²) in [5, 5.41) is 12.5. The molecule has 3 rings (SSSR count). The molecule has 0 saturated heterocycles. The molecule has 2 aliphatic carbocycles. The average Bonchev–Trinajstić information content (AvgIpc) is 2.48. The summed E-state index contributed by atoms with van der Waals surface area (Å²) < 4.78 is 0. The molecule has 0 heterocycles. The number of nitrogens with zero attached hydrogens (tertiary/aromatic N) is 1. The number of anilines is 1. The van der Waals surface area contributed by atoms with Gasteiger partial charge in [-0.1, -0.05) is 25.7 Å². The molecular formula is C17H22N2. The van der Waals surface area contributed by atoms with Crippen LogP contribution in [-0.2, 0) is 0 Å². The Balaban J connectivity index is 1.59. The van der Waals surface area contributed by atoms with E-state index < -0.39 is 0 Å². The Morgan fingerprint density at radius 3 is 2.42 bits per heavy atom. The highest BCUT2D eigenvalue weighted by Gasteiger charge is 2.31. The first-order chi connectivity index (χ1) is 9.35. The van der Waals surface area contributed by atoms with Gasteiger partial charge in [0.15, 0.2) is 0 Å². The topological polar surface area (TPSA) is 35.8 Å². The molecule has 100 valence electrons. The number of fused-ring (bicyclic) bond motifs is 1. The molecule has 1 aromatic rings. The summed E-state index contributed by atoms with van der Waals surface area (Å²) in [6, 6.07) is 10.7. The summed E-state index contributed by atoms with van der Waals surface area (Å²) >= 11 is 0. The molecule has 2 aliphatic rings. The molecule has 2 nitrogen and oxygen atoms in total. The fourth-order valence-corrected chi connectivity index (χ4v) is 3.88. The van der Waals surface area contributed by atoms with Crippen molar-refractivity contribution in [3.63, 3.8) is 0 Å². The average molecular weight is 254 g/mol. The smallest absolute Gasteiger partial charge is 0.0991 e. The van der Waals surface area contributed by atoms with Crippen LogP contribution in [0.5, 0.6) is 0 Å². The predicted molar refractivity (Wildman–Crippen MR) is 77.9 cm³/mol. The number of hydrogen-bond acceptors (Lipinski definition) is 2. The van der Waals surface area contributed by atoms with Gasteiger partial charge < -0.3 is 5.32 Å². The molecule has 19 heavy (non-hydrogen) atoms. The zero-order valence-electron chi connectivity index (χ0n) is 11.4. The van der Waals surface area contributed by atoms with Crippen LogP contribution in [0.1, 0.15) is 50.5 Å². The quantitative estimate of drug-likeness (QED) is 0.852. The van der Waals surface area contributed by atoms with Crippen molar-refractivity contribution in [1.82, 2.24) is 0 Å². The van der Waals surface area contributed by atoms with E-state index in [0.717, 1.165) is 17.4 Å². The van der Waals surface area contributed by atoms with Gasteiger partial charge in [0.1, 0.15) is 0 Å². The second-order valence-electron chi connectivity index (χ2n) is 6.15. The summed E-state index contributed by atoms with van der Waals surface area (Å²) in [5.74, 6) is 1.96. The molecule has 0 aliphatic heterocycles. The molecule has 3 unspecified atom stereocenters. The van der Waals surface area contributed by atoms with Crippen LogP contribution in [0.15, 0.2) is 24.3 Å². The Labute approximate surface area is 115 Å². The Hall–Kier alpha value is -1.49. The molecule has 0 aromatic heterocycles. The van der Waals surface area contributed by atoms with E-state index in [1.54, 1.807) is 0 Å². The molecule has 2 fully saturated rings. The van der Waals surface area contributed by atoms with Crippen LogP contribution in [-0.4, -0.2) is 6.04 Å². The standard InChI is InChI=1S/C17H22N2/c18-12-13-5-8-16(9-6-13)19-17-10-7-14-3-1-2-4-15(14)11-17/h5-6,8-9,14-15,17,19H,1-4,7,10-11H2. The fraction of sp³-hybridized carbons (Fsp3) is 0.588. The van der Waals surface area contributed by atoms with E-state index in [0.29, 0.717) is 6.04 Å². The van der Waals surface area contributed by atoms with Gasteiger partial charge >= 0.3 is 0 Å². The Morgan fingerprint density at radius 2 is 1.68 bits per heavy atom. The van der Waals surface area contributed by atoms with Crippen LogP contribution in [0.3, 0.4) is 0 Å². The van der Waals surface area contributed by atoms with E-state index in [9.17, 15) is 0 Å². The minimum Gasteiger partial charge on any atom is -0.382 e.